The minimum absolute atomic E-state index is 0.0279. The zero-order valence-corrected chi connectivity index (χ0v) is 6.80. The van der Waals surface area contributed by atoms with Crippen LogP contribution in [0.15, 0.2) is 12.7 Å². The monoisotopic (exact) mass is 183 g/mol. The van der Waals surface area contributed by atoms with Crippen molar-refractivity contribution in [3.05, 3.63) is 12.7 Å². The molecule has 0 aliphatic rings. The zero-order chi connectivity index (χ0) is 10.4. The number of nitriles is 1. The maximum Gasteiger partial charge on any atom is 0.321 e. The number of carboxylic acids is 2. The van der Waals surface area contributed by atoms with Crippen LogP contribution < -0.4 is 0 Å². The van der Waals surface area contributed by atoms with E-state index in [0.29, 0.717) is 0 Å². The van der Waals surface area contributed by atoms with Gasteiger partial charge in [-0.2, -0.15) is 5.26 Å². The summed E-state index contributed by atoms with van der Waals surface area (Å²) >= 11 is 0. The van der Waals surface area contributed by atoms with Crippen LogP contribution >= 0.6 is 0 Å². The highest BCUT2D eigenvalue weighted by molar-refractivity contribution is 5.82. The van der Waals surface area contributed by atoms with Crippen LogP contribution in [-0.2, 0) is 9.59 Å². The van der Waals surface area contributed by atoms with Gasteiger partial charge in [0.2, 0.25) is 0 Å². The molecule has 13 heavy (non-hydrogen) atoms. The van der Waals surface area contributed by atoms with Gasteiger partial charge in [0.15, 0.2) is 5.92 Å². The molecule has 0 amide bonds. The predicted octanol–water partition coefficient (Wildman–Crippen LogP) is 0.488. The van der Waals surface area contributed by atoms with E-state index in [0.717, 1.165) is 0 Å². The highest BCUT2D eigenvalue weighted by atomic mass is 16.4. The third-order valence-electron chi connectivity index (χ3n) is 1.55. The fourth-order valence-corrected chi connectivity index (χ4v) is 0.876. The van der Waals surface area contributed by atoms with Gasteiger partial charge in [0.05, 0.1) is 12.0 Å². The van der Waals surface area contributed by atoms with Crippen molar-refractivity contribution in [1.29, 1.82) is 5.26 Å². The third-order valence-corrected chi connectivity index (χ3v) is 1.55. The van der Waals surface area contributed by atoms with Crippen molar-refractivity contribution in [1.82, 2.24) is 0 Å². The summed E-state index contributed by atoms with van der Waals surface area (Å²) in [6.07, 6.45) is 1.26. The molecule has 0 saturated heterocycles. The minimum Gasteiger partial charge on any atom is -0.481 e. The van der Waals surface area contributed by atoms with Crippen LogP contribution in [0.1, 0.15) is 6.42 Å². The molecule has 70 valence electrons. The van der Waals surface area contributed by atoms with Crippen molar-refractivity contribution in [3.8, 4) is 6.07 Å². The van der Waals surface area contributed by atoms with Crippen LogP contribution in [0.25, 0.3) is 0 Å². The first-order valence-electron chi connectivity index (χ1n) is 3.50. The molecule has 2 N–H and O–H groups in total. The molecule has 0 bridgehead atoms. The van der Waals surface area contributed by atoms with E-state index in [4.69, 9.17) is 15.5 Å². The van der Waals surface area contributed by atoms with Crippen molar-refractivity contribution in [2.75, 3.05) is 0 Å². The molecule has 0 saturated carbocycles. The Kier molecular flexibility index (Phi) is 4.24. The Bertz CT molecular complexity index is 266. The summed E-state index contributed by atoms with van der Waals surface area (Å²) in [5, 5.41) is 25.5. The quantitative estimate of drug-likeness (QED) is 0.604. The van der Waals surface area contributed by atoms with Crippen molar-refractivity contribution in [3.63, 3.8) is 0 Å². The number of hydrogen-bond donors (Lipinski definition) is 2. The van der Waals surface area contributed by atoms with Crippen molar-refractivity contribution >= 4 is 11.9 Å². The predicted molar refractivity (Wildman–Crippen MR) is 42.7 cm³/mol. The maximum absolute atomic E-state index is 10.5. The molecule has 0 aromatic heterocycles. The summed E-state index contributed by atoms with van der Waals surface area (Å²) < 4.78 is 0. The van der Waals surface area contributed by atoms with Gasteiger partial charge in [-0.3, -0.25) is 9.59 Å². The van der Waals surface area contributed by atoms with Gasteiger partial charge in [-0.05, 0) is 6.42 Å². The first-order valence-corrected chi connectivity index (χ1v) is 3.50. The molecule has 0 rings (SSSR count). The van der Waals surface area contributed by atoms with E-state index in [2.05, 4.69) is 6.58 Å². The van der Waals surface area contributed by atoms with Gasteiger partial charge < -0.3 is 10.2 Å². The van der Waals surface area contributed by atoms with Gasteiger partial charge in [0.1, 0.15) is 0 Å². The van der Waals surface area contributed by atoms with Gasteiger partial charge in [-0.15, -0.1) is 6.58 Å². The molecular weight excluding hydrogens is 174 g/mol. The molecule has 5 nitrogen and oxygen atoms in total. The molecule has 0 fully saturated rings. The number of allylic oxidation sites excluding steroid dienone is 1. The summed E-state index contributed by atoms with van der Waals surface area (Å²) in [6.45, 7) is 3.29. The highest BCUT2D eigenvalue weighted by Crippen LogP contribution is 2.16. The van der Waals surface area contributed by atoms with Crippen LogP contribution in [0.2, 0.25) is 0 Å². The number of carbonyl (C=O) groups is 2. The largest absolute Gasteiger partial charge is 0.481 e. The number of aliphatic carboxylic acids is 2. The average Bonchev–Trinajstić information content (AvgIpc) is 2.03. The lowest BCUT2D eigenvalue weighted by Gasteiger charge is -2.11. The summed E-state index contributed by atoms with van der Waals surface area (Å²) in [6, 6.07) is 1.44. The Hall–Kier alpha value is -1.83. The van der Waals surface area contributed by atoms with E-state index < -0.39 is 23.8 Å². The first-order chi connectivity index (χ1) is 6.04. The lowest BCUT2D eigenvalue weighted by molar-refractivity contribution is -0.151. The molecule has 0 aromatic rings. The molecule has 5 heteroatoms. The normalized spacial score (nSPS) is 13.8. The fraction of sp³-hybridized carbons (Fsp3) is 0.375. The van der Waals surface area contributed by atoms with Crippen molar-refractivity contribution < 1.29 is 19.8 Å². The number of carboxylic acid groups (broad SMARTS) is 2. The van der Waals surface area contributed by atoms with Crippen molar-refractivity contribution in [2.24, 2.45) is 11.8 Å². The molecule has 0 aliphatic carbocycles. The second-order valence-corrected chi connectivity index (χ2v) is 2.41. The molecule has 0 spiro atoms. The summed E-state index contributed by atoms with van der Waals surface area (Å²) in [7, 11) is 0. The van der Waals surface area contributed by atoms with Crippen LogP contribution in [0.4, 0.5) is 0 Å². The molecule has 0 radical (unpaired) electrons. The lowest BCUT2D eigenvalue weighted by atomic mass is 9.91. The smallest absolute Gasteiger partial charge is 0.321 e. The number of hydrogen-bond acceptors (Lipinski definition) is 3. The molecule has 0 heterocycles. The summed E-state index contributed by atoms with van der Waals surface area (Å²) in [5.41, 5.74) is 0. The SMILES string of the molecule is C=CCC(C(=O)O)C(C#N)C(=O)O. The molecule has 2 unspecified atom stereocenters. The summed E-state index contributed by atoms with van der Waals surface area (Å²) in [4.78, 5) is 21.0. The van der Waals surface area contributed by atoms with Crippen LogP contribution in [0.3, 0.4) is 0 Å². The average molecular weight is 183 g/mol. The second-order valence-electron chi connectivity index (χ2n) is 2.41. The minimum atomic E-state index is -1.52. The topological polar surface area (TPSA) is 98.4 Å². The van der Waals surface area contributed by atoms with Gasteiger partial charge in [-0.25, -0.2) is 0 Å². The van der Waals surface area contributed by atoms with E-state index in [1.54, 1.807) is 0 Å². The lowest BCUT2D eigenvalue weighted by Crippen LogP contribution is -2.28. The highest BCUT2D eigenvalue weighted by Gasteiger charge is 2.32. The molecule has 0 aromatic carbocycles. The maximum atomic E-state index is 10.5. The standard InChI is InChI=1S/C8H9NO4/c1-2-3-5(7(10)11)6(4-9)8(12)13/h2,5-6H,1,3H2,(H,10,11)(H,12,13). The Morgan fingerprint density at radius 2 is 2.00 bits per heavy atom. The Balaban J connectivity index is 4.70. The van der Waals surface area contributed by atoms with Gasteiger partial charge in [0, 0.05) is 0 Å². The Labute approximate surface area is 74.9 Å². The third kappa shape index (κ3) is 2.95. The Morgan fingerprint density at radius 3 is 2.23 bits per heavy atom. The number of rotatable bonds is 5. The molecule has 2 atom stereocenters. The van der Waals surface area contributed by atoms with Gasteiger partial charge >= 0.3 is 11.9 Å². The van der Waals surface area contributed by atoms with E-state index in [9.17, 15) is 9.59 Å². The van der Waals surface area contributed by atoms with E-state index in [1.807, 2.05) is 0 Å². The van der Waals surface area contributed by atoms with E-state index >= 15 is 0 Å². The second kappa shape index (κ2) is 4.93. The van der Waals surface area contributed by atoms with Crippen LogP contribution in [0.5, 0.6) is 0 Å². The number of nitrogens with zero attached hydrogens (tertiary/aromatic N) is 1. The van der Waals surface area contributed by atoms with E-state index in [1.165, 1.54) is 12.1 Å². The summed E-state index contributed by atoms with van der Waals surface area (Å²) in [5.74, 6) is -5.46. The van der Waals surface area contributed by atoms with Crippen LogP contribution in [0, 0.1) is 23.2 Å². The Morgan fingerprint density at radius 1 is 1.46 bits per heavy atom. The van der Waals surface area contributed by atoms with Gasteiger partial charge in [-0.1, -0.05) is 6.08 Å². The van der Waals surface area contributed by atoms with Crippen LogP contribution in [-0.4, -0.2) is 22.2 Å². The van der Waals surface area contributed by atoms with Crippen molar-refractivity contribution in [2.45, 2.75) is 6.42 Å². The zero-order valence-electron chi connectivity index (χ0n) is 6.80. The van der Waals surface area contributed by atoms with Gasteiger partial charge in [0.25, 0.3) is 0 Å². The molecular formula is C8H9NO4. The first kappa shape index (κ1) is 11.2. The molecule has 0 aliphatic heterocycles. The fourth-order valence-electron chi connectivity index (χ4n) is 0.876. The van der Waals surface area contributed by atoms with E-state index in [-0.39, 0.29) is 6.42 Å².